The average Bonchev–Trinajstić information content (AvgIpc) is 2.94. The lowest BCUT2D eigenvalue weighted by atomic mass is 10.0. The summed E-state index contributed by atoms with van der Waals surface area (Å²) in [4.78, 5) is 20.8. The van der Waals surface area contributed by atoms with E-state index in [1.165, 1.54) is 5.56 Å². The highest BCUT2D eigenvalue weighted by Gasteiger charge is 2.32. The molecule has 3 rings (SSSR count). The summed E-state index contributed by atoms with van der Waals surface area (Å²) in [6, 6.07) is 9.83. The number of rotatable bonds is 5. The van der Waals surface area contributed by atoms with Crippen LogP contribution in [0.2, 0.25) is 0 Å². The van der Waals surface area contributed by atoms with Crippen LogP contribution in [-0.4, -0.2) is 38.5 Å². The van der Waals surface area contributed by atoms with Crippen molar-refractivity contribution in [2.24, 2.45) is 0 Å². The van der Waals surface area contributed by atoms with Crippen molar-refractivity contribution in [1.82, 2.24) is 14.9 Å². The van der Waals surface area contributed by atoms with Gasteiger partial charge < -0.3 is 10.1 Å². The number of hydrogen-bond donors (Lipinski definition) is 2. The molecule has 2 N–H and O–H groups in total. The van der Waals surface area contributed by atoms with Crippen LogP contribution in [-0.2, 0) is 24.2 Å². The average molecular weight is 285 g/mol. The molecule has 110 valence electrons. The summed E-state index contributed by atoms with van der Waals surface area (Å²) in [5, 5.41) is 9.41. The molecular formula is C16H19N3O2. The minimum absolute atomic E-state index is 0.462. The summed E-state index contributed by atoms with van der Waals surface area (Å²) in [7, 11) is 0. The van der Waals surface area contributed by atoms with Crippen LogP contribution in [0.25, 0.3) is 0 Å². The Hall–Kier alpha value is -2.14. The van der Waals surface area contributed by atoms with E-state index in [-0.39, 0.29) is 0 Å². The topological polar surface area (TPSA) is 69.2 Å². The Kier molecular flexibility index (Phi) is 4.01. The third kappa shape index (κ3) is 3.13. The number of aliphatic carboxylic acids is 1. The molecule has 0 bridgehead atoms. The van der Waals surface area contributed by atoms with E-state index in [0.717, 1.165) is 30.8 Å². The molecule has 1 aromatic carbocycles. The number of fused-ring (bicyclic) bond motifs is 1. The standard InChI is InChI=1S/C16H19N3O2/c20-16(21)15-9-13-14(18-11-17-13)10-19(15)8-4-7-12-5-2-1-3-6-12/h1-3,5-6,11,15H,4,7-10H2,(H,17,18)(H,20,21)/t15-/m0/s1. The lowest BCUT2D eigenvalue weighted by Gasteiger charge is -2.32. The summed E-state index contributed by atoms with van der Waals surface area (Å²) in [5.74, 6) is -0.761. The zero-order valence-electron chi connectivity index (χ0n) is 11.8. The zero-order chi connectivity index (χ0) is 14.7. The maximum absolute atomic E-state index is 11.4. The monoisotopic (exact) mass is 285 g/mol. The van der Waals surface area contributed by atoms with Gasteiger partial charge in [-0.2, -0.15) is 0 Å². The quantitative estimate of drug-likeness (QED) is 0.879. The molecule has 0 amide bonds. The van der Waals surface area contributed by atoms with Crippen molar-refractivity contribution in [3.8, 4) is 0 Å². The number of aromatic nitrogens is 2. The molecule has 5 heteroatoms. The predicted molar refractivity (Wildman–Crippen MR) is 78.9 cm³/mol. The van der Waals surface area contributed by atoms with E-state index in [0.29, 0.717) is 13.0 Å². The van der Waals surface area contributed by atoms with Crippen LogP contribution in [0.3, 0.4) is 0 Å². The number of carbonyl (C=O) groups is 1. The summed E-state index contributed by atoms with van der Waals surface area (Å²) in [6.07, 6.45) is 4.06. The summed E-state index contributed by atoms with van der Waals surface area (Å²) in [5.41, 5.74) is 3.23. The molecule has 2 aromatic rings. The first-order valence-corrected chi connectivity index (χ1v) is 7.26. The van der Waals surface area contributed by atoms with Crippen LogP contribution in [0.5, 0.6) is 0 Å². The minimum atomic E-state index is -0.761. The van der Waals surface area contributed by atoms with Crippen LogP contribution in [0.1, 0.15) is 23.4 Å². The van der Waals surface area contributed by atoms with Gasteiger partial charge >= 0.3 is 5.97 Å². The van der Waals surface area contributed by atoms with Gasteiger partial charge in [0.25, 0.3) is 0 Å². The number of aromatic amines is 1. The fourth-order valence-electron chi connectivity index (χ4n) is 2.90. The van der Waals surface area contributed by atoms with Crippen molar-refractivity contribution in [2.75, 3.05) is 6.54 Å². The molecule has 0 saturated carbocycles. The van der Waals surface area contributed by atoms with E-state index in [2.05, 4.69) is 22.1 Å². The van der Waals surface area contributed by atoms with E-state index in [9.17, 15) is 9.90 Å². The number of imidazole rings is 1. The number of hydrogen-bond acceptors (Lipinski definition) is 3. The molecule has 0 saturated heterocycles. The Bertz CT molecular complexity index is 609. The van der Waals surface area contributed by atoms with Crippen molar-refractivity contribution < 1.29 is 9.90 Å². The Morgan fingerprint density at radius 2 is 2.19 bits per heavy atom. The van der Waals surface area contributed by atoms with E-state index in [1.807, 2.05) is 23.1 Å². The lowest BCUT2D eigenvalue weighted by Crippen LogP contribution is -2.46. The molecule has 1 aliphatic heterocycles. The van der Waals surface area contributed by atoms with Gasteiger partial charge in [-0.15, -0.1) is 0 Å². The highest BCUT2D eigenvalue weighted by Crippen LogP contribution is 2.21. The summed E-state index contributed by atoms with van der Waals surface area (Å²) >= 11 is 0. The molecule has 21 heavy (non-hydrogen) atoms. The molecule has 2 heterocycles. The van der Waals surface area contributed by atoms with Crippen molar-refractivity contribution in [3.63, 3.8) is 0 Å². The lowest BCUT2D eigenvalue weighted by molar-refractivity contribution is -0.144. The van der Waals surface area contributed by atoms with Crippen LogP contribution >= 0.6 is 0 Å². The fourth-order valence-corrected chi connectivity index (χ4v) is 2.90. The van der Waals surface area contributed by atoms with Crippen molar-refractivity contribution in [1.29, 1.82) is 0 Å². The predicted octanol–water partition coefficient (Wildman–Crippen LogP) is 1.85. The number of nitrogens with one attached hydrogen (secondary N) is 1. The molecule has 1 aliphatic rings. The number of carboxylic acids is 1. The van der Waals surface area contributed by atoms with E-state index in [4.69, 9.17) is 0 Å². The maximum Gasteiger partial charge on any atom is 0.321 e. The van der Waals surface area contributed by atoms with Crippen molar-refractivity contribution in [2.45, 2.75) is 31.8 Å². The van der Waals surface area contributed by atoms with E-state index in [1.54, 1.807) is 6.33 Å². The highest BCUT2D eigenvalue weighted by atomic mass is 16.4. The van der Waals surface area contributed by atoms with Gasteiger partial charge in [-0.25, -0.2) is 4.98 Å². The van der Waals surface area contributed by atoms with Crippen LogP contribution in [0.15, 0.2) is 36.7 Å². The van der Waals surface area contributed by atoms with E-state index < -0.39 is 12.0 Å². The van der Waals surface area contributed by atoms with Gasteiger partial charge in [-0.1, -0.05) is 30.3 Å². The minimum Gasteiger partial charge on any atom is -0.480 e. The van der Waals surface area contributed by atoms with Crippen LogP contribution < -0.4 is 0 Å². The number of nitrogens with zero attached hydrogens (tertiary/aromatic N) is 2. The second-order valence-electron chi connectivity index (χ2n) is 5.45. The number of benzene rings is 1. The first-order valence-electron chi connectivity index (χ1n) is 7.26. The number of H-pyrrole nitrogens is 1. The summed E-state index contributed by atoms with van der Waals surface area (Å²) in [6.45, 7) is 1.42. The SMILES string of the molecule is O=C(O)[C@@H]1Cc2nc[nH]c2CN1CCCc1ccccc1. The van der Waals surface area contributed by atoms with Crippen LogP contribution in [0, 0.1) is 0 Å². The van der Waals surface area contributed by atoms with Gasteiger partial charge in [0.2, 0.25) is 0 Å². The Labute approximate surface area is 123 Å². The largest absolute Gasteiger partial charge is 0.480 e. The second kappa shape index (κ2) is 6.10. The Balaban J connectivity index is 1.62. The fraction of sp³-hybridized carbons (Fsp3) is 0.375. The van der Waals surface area contributed by atoms with Crippen molar-refractivity contribution >= 4 is 5.97 Å². The van der Waals surface area contributed by atoms with Gasteiger partial charge in [-0.05, 0) is 24.9 Å². The smallest absolute Gasteiger partial charge is 0.321 e. The summed E-state index contributed by atoms with van der Waals surface area (Å²) < 4.78 is 0. The third-order valence-corrected chi connectivity index (χ3v) is 4.03. The van der Waals surface area contributed by atoms with Crippen molar-refractivity contribution in [3.05, 3.63) is 53.6 Å². The molecule has 0 aliphatic carbocycles. The molecular weight excluding hydrogens is 266 g/mol. The second-order valence-corrected chi connectivity index (χ2v) is 5.45. The van der Waals surface area contributed by atoms with Gasteiger partial charge in [-0.3, -0.25) is 9.69 Å². The molecule has 0 spiro atoms. The van der Waals surface area contributed by atoms with Gasteiger partial charge in [0.15, 0.2) is 0 Å². The third-order valence-electron chi connectivity index (χ3n) is 4.03. The molecule has 1 atom stereocenters. The maximum atomic E-state index is 11.4. The molecule has 1 aromatic heterocycles. The van der Waals surface area contributed by atoms with Crippen LogP contribution in [0.4, 0.5) is 0 Å². The Morgan fingerprint density at radius 3 is 2.95 bits per heavy atom. The zero-order valence-corrected chi connectivity index (χ0v) is 11.8. The highest BCUT2D eigenvalue weighted by molar-refractivity contribution is 5.74. The van der Waals surface area contributed by atoms with Gasteiger partial charge in [0.1, 0.15) is 6.04 Å². The number of aryl methyl sites for hydroxylation is 1. The van der Waals surface area contributed by atoms with Gasteiger partial charge in [0.05, 0.1) is 17.7 Å². The normalized spacial score (nSPS) is 18.4. The molecule has 0 fully saturated rings. The first-order chi connectivity index (χ1) is 10.2. The molecule has 0 unspecified atom stereocenters. The van der Waals surface area contributed by atoms with E-state index >= 15 is 0 Å². The molecule has 0 radical (unpaired) electrons. The number of carboxylic acid groups (broad SMARTS) is 1. The Morgan fingerprint density at radius 1 is 1.38 bits per heavy atom. The first kappa shape index (κ1) is 13.8. The molecule has 5 nitrogen and oxygen atoms in total. The van der Waals surface area contributed by atoms with Gasteiger partial charge in [0, 0.05) is 13.0 Å².